The van der Waals surface area contributed by atoms with Crippen molar-refractivity contribution in [1.29, 1.82) is 0 Å². The Bertz CT molecular complexity index is 450. The normalized spacial score (nSPS) is 11.3. The molecule has 9 nitrogen and oxygen atoms in total. The molecule has 2 N–H and O–H groups in total. The van der Waals surface area contributed by atoms with Crippen LogP contribution in [0.25, 0.3) is 0 Å². The second-order valence-corrected chi connectivity index (χ2v) is 7.06. The monoisotopic (exact) mass is 404 g/mol. The molecular weight excluding hydrogens is 368 g/mol. The van der Waals surface area contributed by atoms with Crippen LogP contribution in [0.4, 0.5) is 0 Å². The van der Waals surface area contributed by atoms with Crippen LogP contribution in [0.2, 0.25) is 0 Å². The number of Topliss-reactive ketones (excluding diaryl/α,β-unsaturated/α-hetero) is 1. The zero-order valence-electron chi connectivity index (χ0n) is 17.6. The lowest BCUT2D eigenvalue weighted by atomic mass is 9.91. The zero-order chi connectivity index (χ0) is 21.3. The van der Waals surface area contributed by atoms with Crippen molar-refractivity contribution < 1.29 is 33.3 Å². The van der Waals surface area contributed by atoms with Gasteiger partial charge in [-0.1, -0.05) is 27.7 Å². The van der Waals surface area contributed by atoms with Crippen molar-refractivity contribution in [3.05, 3.63) is 0 Å². The first-order chi connectivity index (χ1) is 13.3. The number of rotatable bonds is 17. The molecule has 0 aliphatic rings. The van der Waals surface area contributed by atoms with Gasteiger partial charge in [0, 0.05) is 24.9 Å². The number of nitrogens with one attached hydrogen (secondary N) is 2. The zero-order valence-corrected chi connectivity index (χ0v) is 17.6. The first-order valence-corrected chi connectivity index (χ1v) is 9.65. The van der Waals surface area contributed by atoms with E-state index in [-0.39, 0.29) is 30.8 Å². The summed E-state index contributed by atoms with van der Waals surface area (Å²) in [6, 6.07) is 0. The van der Waals surface area contributed by atoms with Gasteiger partial charge in [-0.3, -0.25) is 14.4 Å². The van der Waals surface area contributed by atoms with Gasteiger partial charge in [0.2, 0.25) is 11.8 Å². The molecule has 0 spiro atoms. The van der Waals surface area contributed by atoms with Gasteiger partial charge < -0.3 is 29.6 Å². The molecule has 0 saturated heterocycles. The molecule has 0 heterocycles. The molecule has 0 saturated carbocycles. The second kappa shape index (κ2) is 16.4. The molecule has 0 rings (SSSR count). The highest BCUT2D eigenvalue weighted by Crippen LogP contribution is 2.14. The fraction of sp³-hybridized carbons (Fsp3) is 0.842. The van der Waals surface area contributed by atoms with E-state index in [1.807, 2.05) is 20.8 Å². The summed E-state index contributed by atoms with van der Waals surface area (Å²) in [6.07, 6.45) is 0.454. The van der Waals surface area contributed by atoms with Gasteiger partial charge in [-0.25, -0.2) is 0 Å². The second-order valence-electron chi connectivity index (χ2n) is 7.06. The summed E-state index contributed by atoms with van der Waals surface area (Å²) in [5, 5.41) is 5.36. The van der Waals surface area contributed by atoms with E-state index < -0.39 is 5.41 Å². The van der Waals surface area contributed by atoms with E-state index in [4.69, 9.17) is 18.9 Å². The van der Waals surface area contributed by atoms with Gasteiger partial charge in [-0.05, 0) is 0 Å². The lowest BCUT2D eigenvalue weighted by Crippen LogP contribution is -2.31. The van der Waals surface area contributed by atoms with Gasteiger partial charge in [0.15, 0.2) is 5.78 Å². The Labute approximate surface area is 167 Å². The van der Waals surface area contributed by atoms with Crippen LogP contribution >= 0.6 is 0 Å². The lowest BCUT2D eigenvalue weighted by Gasteiger charge is -2.16. The van der Waals surface area contributed by atoms with Crippen LogP contribution in [0.15, 0.2) is 0 Å². The predicted octanol–water partition coefficient (Wildman–Crippen LogP) is 0.310. The summed E-state index contributed by atoms with van der Waals surface area (Å²) >= 11 is 0. The fourth-order valence-corrected chi connectivity index (χ4v) is 1.69. The number of carbonyl (C=O) groups excluding carboxylic acids is 3. The van der Waals surface area contributed by atoms with Crippen LogP contribution in [0.1, 0.15) is 34.1 Å². The number of amides is 2. The molecular formula is C19H36N2O7. The van der Waals surface area contributed by atoms with Gasteiger partial charge in [-0.2, -0.15) is 0 Å². The SMILES string of the molecule is CCC(=O)NCCOCCOCC(=O)NCCOCCOCC(=O)C(C)(C)C. The average molecular weight is 405 g/mol. The molecule has 0 aliphatic heterocycles. The molecule has 28 heavy (non-hydrogen) atoms. The Hall–Kier alpha value is -1.55. The standard InChI is InChI=1S/C19H36N2O7/c1-5-17(23)20-6-8-25-11-13-28-15-18(24)21-7-9-26-10-12-27-14-16(22)19(2,3)4/h5-15H2,1-4H3,(H,20,23)(H,21,24). The van der Waals surface area contributed by atoms with E-state index in [9.17, 15) is 14.4 Å². The third kappa shape index (κ3) is 16.6. The van der Waals surface area contributed by atoms with Gasteiger partial charge in [-0.15, -0.1) is 0 Å². The lowest BCUT2D eigenvalue weighted by molar-refractivity contribution is -0.131. The van der Waals surface area contributed by atoms with E-state index >= 15 is 0 Å². The summed E-state index contributed by atoms with van der Waals surface area (Å²) < 4.78 is 21.0. The Balaban J connectivity index is 3.34. The van der Waals surface area contributed by atoms with Crippen LogP contribution in [0, 0.1) is 5.41 Å². The molecule has 0 aromatic rings. The molecule has 2 amide bonds. The largest absolute Gasteiger partial charge is 0.377 e. The third-order valence-corrected chi connectivity index (χ3v) is 3.51. The van der Waals surface area contributed by atoms with Gasteiger partial charge >= 0.3 is 0 Å². The van der Waals surface area contributed by atoms with Crippen molar-refractivity contribution in [2.45, 2.75) is 34.1 Å². The summed E-state index contributed by atoms with van der Waals surface area (Å²) in [7, 11) is 0. The Kier molecular flexibility index (Phi) is 15.5. The van der Waals surface area contributed by atoms with Crippen LogP contribution < -0.4 is 10.6 Å². The van der Waals surface area contributed by atoms with E-state index in [0.29, 0.717) is 59.2 Å². The van der Waals surface area contributed by atoms with E-state index in [0.717, 1.165) is 0 Å². The maximum absolute atomic E-state index is 11.6. The molecule has 0 atom stereocenters. The summed E-state index contributed by atoms with van der Waals surface area (Å²) in [6.45, 7) is 10.3. The molecule has 0 aliphatic carbocycles. The molecule has 0 radical (unpaired) electrons. The quantitative estimate of drug-likeness (QED) is 0.336. The van der Waals surface area contributed by atoms with Gasteiger partial charge in [0.25, 0.3) is 0 Å². The van der Waals surface area contributed by atoms with Crippen molar-refractivity contribution in [3.63, 3.8) is 0 Å². The molecule has 0 fully saturated rings. The number of ketones is 1. The number of carbonyl (C=O) groups is 3. The Morgan fingerprint density at radius 2 is 1.14 bits per heavy atom. The minimum atomic E-state index is -0.397. The number of ether oxygens (including phenoxy) is 4. The summed E-state index contributed by atoms with van der Waals surface area (Å²) in [5.74, 6) is -0.192. The molecule has 0 bridgehead atoms. The van der Waals surface area contributed by atoms with Gasteiger partial charge in [0.05, 0.1) is 39.6 Å². The fourth-order valence-electron chi connectivity index (χ4n) is 1.69. The Morgan fingerprint density at radius 3 is 1.64 bits per heavy atom. The van der Waals surface area contributed by atoms with Gasteiger partial charge in [0.1, 0.15) is 13.2 Å². The topological polar surface area (TPSA) is 112 Å². The van der Waals surface area contributed by atoms with Crippen molar-refractivity contribution in [2.24, 2.45) is 5.41 Å². The molecule has 0 aromatic heterocycles. The maximum Gasteiger partial charge on any atom is 0.246 e. The predicted molar refractivity (Wildman–Crippen MR) is 104 cm³/mol. The Morgan fingerprint density at radius 1 is 0.679 bits per heavy atom. The third-order valence-electron chi connectivity index (χ3n) is 3.51. The van der Waals surface area contributed by atoms with E-state index in [1.165, 1.54) is 0 Å². The average Bonchev–Trinajstić information content (AvgIpc) is 2.64. The highest BCUT2D eigenvalue weighted by Gasteiger charge is 2.20. The summed E-state index contributed by atoms with van der Waals surface area (Å²) in [5.41, 5.74) is -0.397. The smallest absolute Gasteiger partial charge is 0.246 e. The molecule has 0 unspecified atom stereocenters. The minimum Gasteiger partial charge on any atom is -0.377 e. The minimum absolute atomic E-state index is 0.0105. The van der Waals surface area contributed by atoms with Crippen LogP contribution in [-0.4, -0.2) is 83.5 Å². The van der Waals surface area contributed by atoms with Crippen LogP contribution in [0.3, 0.4) is 0 Å². The highest BCUT2D eigenvalue weighted by atomic mass is 16.5. The van der Waals surface area contributed by atoms with Crippen molar-refractivity contribution >= 4 is 17.6 Å². The van der Waals surface area contributed by atoms with Crippen molar-refractivity contribution in [2.75, 3.05) is 65.9 Å². The highest BCUT2D eigenvalue weighted by molar-refractivity contribution is 5.84. The van der Waals surface area contributed by atoms with Crippen molar-refractivity contribution in [1.82, 2.24) is 10.6 Å². The van der Waals surface area contributed by atoms with E-state index in [1.54, 1.807) is 6.92 Å². The number of hydrogen-bond donors (Lipinski definition) is 2. The first-order valence-electron chi connectivity index (χ1n) is 9.65. The molecule has 164 valence electrons. The first kappa shape index (κ1) is 26.4. The maximum atomic E-state index is 11.6. The number of hydrogen-bond acceptors (Lipinski definition) is 7. The molecule has 0 aromatic carbocycles. The molecule has 9 heteroatoms. The van der Waals surface area contributed by atoms with E-state index in [2.05, 4.69) is 10.6 Å². The van der Waals surface area contributed by atoms with Crippen LogP contribution in [0.5, 0.6) is 0 Å². The summed E-state index contributed by atoms with van der Waals surface area (Å²) in [4.78, 5) is 34.2. The van der Waals surface area contributed by atoms with Crippen molar-refractivity contribution in [3.8, 4) is 0 Å². The van der Waals surface area contributed by atoms with Crippen LogP contribution in [-0.2, 0) is 33.3 Å².